The molecule has 3 fully saturated rings. The van der Waals surface area contributed by atoms with E-state index < -0.39 is 5.60 Å². The first-order valence-corrected chi connectivity index (χ1v) is 12.8. The van der Waals surface area contributed by atoms with Crippen LogP contribution in [0.3, 0.4) is 0 Å². The highest BCUT2D eigenvalue weighted by molar-refractivity contribution is 5.86. The van der Waals surface area contributed by atoms with E-state index in [0.29, 0.717) is 12.1 Å². The van der Waals surface area contributed by atoms with Crippen LogP contribution in [0.1, 0.15) is 70.4 Å². The van der Waals surface area contributed by atoms with Gasteiger partial charge in [-0.1, -0.05) is 18.6 Å². The second-order valence-electron chi connectivity index (χ2n) is 10.6. The molecule has 2 saturated heterocycles. The van der Waals surface area contributed by atoms with Gasteiger partial charge in [0, 0.05) is 38.8 Å². The number of benzene rings is 1. The fourth-order valence-electron chi connectivity index (χ4n) is 4.73. The first-order chi connectivity index (χ1) is 16.7. The summed E-state index contributed by atoms with van der Waals surface area (Å²) >= 11 is 0. The van der Waals surface area contributed by atoms with Crippen LogP contribution in [0.25, 0.3) is 0 Å². The maximum absolute atomic E-state index is 13.1. The van der Waals surface area contributed by atoms with Crippen LogP contribution in [0.2, 0.25) is 0 Å². The summed E-state index contributed by atoms with van der Waals surface area (Å²) in [5, 5.41) is 17.0. The second kappa shape index (κ2) is 12.4. The summed E-state index contributed by atoms with van der Waals surface area (Å²) < 4.78 is 5.49. The van der Waals surface area contributed by atoms with Gasteiger partial charge in [-0.05, 0) is 70.6 Å². The molecule has 192 valence electrons. The fraction of sp³-hybridized carbons (Fsp3) is 0.667. The average molecular weight is 485 g/mol. The van der Waals surface area contributed by atoms with Crippen molar-refractivity contribution in [2.75, 3.05) is 32.7 Å². The first-order valence-electron chi connectivity index (χ1n) is 12.8. The van der Waals surface area contributed by atoms with Crippen molar-refractivity contribution in [1.82, 2.24) is 14.7 Å². The number of nitriles is 1. The molecule has 0 aromatic heterocycles. The van der Waals surface area contributed by atoms with Crippen LogP contribution in [0, 0.1) is 11.3 Å². The maximum Gasteiger partial charge on any atom is 0.410 e. The minimum atomic E-state index is -0.529. The van der Waals surface area contributed by atoms with Crippen LogP contribution in [-0.4, -0.2) is 82.2 Å². The maximum atomic E-state index is 13.1. The molecule has 0 spiro atoms. The summed E-state index contributed by atoms with van der Waals surface area (Å²) in [5.74, 6) is 0.110. The first kappa shape index (κ1) is 27.0. The molecule has 2 aliphatic heterocycles. The Hall–Kier alpha value is -2.63. The smallest absolute Gasteiger partial charge is 0.410 e. The molecule has 2 amide bonds. The number of aliphatic hydroxyl groups is 1. The molecule has 3 aliphatic rings. The fourth-order valence-corrected chi connectivity index (χ4v) is 4.73. The number of rotatable bonds is 3. The lowest BCUT2D eigenvalue weighted by molar-refractivity contribution is -0.135. The van der Waals surface area contributed by atoms with Crippen molar-refractivity contribution in [2.45, 2.75) is 83.6 Å². The van der Waals surface area contributed by atoms with Crippen molar-refractivity contribution in [3.63, 3.8) is 0 Å². The van der Waals surface area contributed by atoms with E-state index in [2.05, 4.69) is 4.90 Å². The molecule has 1 saturated carbocycles. The molecular formula is C27H40N4O4. The Labute approximate surface area is 209 Å². The molecule has 1 aliphatic carbocycles. The summed E-state index contributed by atoms with van der Waals surface area (Å²) in [6.07, 6.45) is 6.26. The lowest BCUT2D eigenvalue weighted by Crippen LogP contribution is -2.50. The Morgan fingerprint density at radius 3 is 2.29 bits per heavy atom. The van der Waals surface area contributed by atoms with Gasteiger partial charge in [0.2, 0.25) is 5.91 Å². The van der Waals surface area contributed by atoms with E-state index in [-0.39, 0.29) is 24.6 Å². The number of hydrogen-bond acceptors (Lipinski definition) is 6. The number of ether oxygens (including phenoxy) is 1. The Morgan fingerprint density at radius 1 is 1.00 bits per heavy atom. The third-order valence-electron chi connectivity index (χ3n) is 6.86. The summed E-state index contributed by atoms with van der Waals surface area (Å²) in [7, 11) is 0. The van der Waals surface area contributed by atoms with Gasteiger partial charge in [0.25, 0.3) is 0 Å². The quantitative estimate of drug-likeness (QED) is 0.705. The van der Waals surface area contributed by atoms with Crippen LogP contribution in [0.15, 0.2) is 24.3 Å². The molecule has 0 bridgehead atoms. The van der Waals surface area contributed by atoms with Crippen molar-refractivity contribution in [3.05, 3.63) is 35.4 Å². The minimum Gasteiger partial charge on any atom is -0.444 e. The topological polar surface area (TPSA) is 97.1 Å². The third kappa shape index (κ3) is 7.68. The molecule has 4 rings (SSSR count). The van der Waals surface area contributed by atoms with E-state index in [4.69, 9.17) is 15.1 Å². The normalized spacial score (nSPS) is 21.3. The number of nitrogens with zero attached hydrogens (tertiary/aromatic N) is 4. The number of amides is 2. The Morgan fingerprint density at radius 2 is 1.71 bits per heavy atom. The molecule has 1 aromatic carbocycles. The third-order valence-corrected chi connectivity index (χ3v) is 6.86. The zero-order valence-corrected chi connectivity index (χ0v) is 21.4. The van der Waals surface area contributed by atoms with E-state index in [1.165, 1.54) is 19.3 Å². The summed E-state index contributed by atoms with van der Waals surface area (Å²) in [4.78, 5) is 31.7. The van der Waals surface area contributed by atoms with Crippen LogP contribution >= 0.6 is 0 Å². The van der Waals surface area contributed by atoms with Crippen LogP contribution in [0.5, 0.6) is 0 Å². The standard InChI is InChI=1S/C19H33N3O3.C8H7NO/c1-19(2,3)25-18(24)22-12-5-9-16(22)17(23)21-11-6-10-20(13-14-21)15-7-4-8-15;9-5-7-1-3-8(6-10)4-2-7/h15-16H,4-14H2,1-3H3;1-4,10H,6H2/t16-;/m1./s1. The van der Waals surface area contributed by atoms with Crippen molar-refractivity contribution in [1.29, 1.82) is 5.26 Å². The highest BCUT2D eigenvalue weighted by Gasteiger charge is 2.39. The number of likely N-dealkylation sites (tertiary alicyclic amines) is 1. The molecule has 1 aromatic rings. The molecule has 0 unspecified atom stereocenters. The zero-order valence-electron chi connectivity index (χ0n) is 21.4. The largest absolute Gasteiger partial charge is 0.444 e. The van der Waals surface area contributed by atoms with Gasteiger partial charge >= 0.3 is 6.09 Å². The van der Waals surface area contributed by atoms with Crippen molar-refractivity contribution in [2.24, 2.45) is 0 Å². The second-order valence-corrected chi connectivity index (χ2v) is 10.6. The van der Waals surface area contributed by atoms with Gasteiger partial charge in [-0.3, -0.25) is 14.6 Å². The molecule has 8 heteroatoms. The van der Waals surface area contributed by atoms with Crippen molar-refractivity contribution in [3.8, 4) is 6.07 Å². The van der Waals surface area contributed by atoms with Crippen molar-refractivity contribution < 1.29 is 19.4 Å². The Balaban J connectivity index is 0.000000287. The molecule has 8 nitrogen and oxygen atoms in total. The lowest BCUT2D eigenvalue weighted by atomic mass is 9.91. The lowest BCUT2D eigenvalue weighted by Gasteiger charge is -2.37. The van der Waals surface area contributed by atoms with Crippen molar-refractivity contribution >= 4 is 12.0 Å². The summed E-state index contributed by atoms with van der Waals surface area (Å²) in [6, 6.07) is 9.23. The SMILES string of the molecule is CC(C)(C)OC(=O)N1CCC[C@@H]1C(=O)N1CCCN(C2CCC2)CC1.N#Cc1ccc(CO)cc1. The van der Waals surface area contributed by atoms with Gasteiger partial charge < -0.3 is 14.7 Å². The molecule has 1 N–H and O–H groups in total. The van der Waals surface area contributed by atoms with Gasteiger partial charge in [-0.25, -0.2) is 4.79 Å². The Bertz CT molecular complexity index is 886. The van der Waals surface area contributed by atoms with Crippen LogP contribution in [-0.2, 0) is 16.1 Å². The van der Waals surface area contributed by atoms with Gasteiger partial charge in [0.05, 0.1) is 18.2 Å². The van der Waals surface area contributed by atoms with Gasteiger partial charge in [0.1, 0.15) is 11.6 Å². The van der Waals surface area contributed by atoms with E-state index >= 15 is 0 Å². The van der Waals surface area contributed by atoms with E-state index in [0.717, 1.165) is 57.0 Å². The zero-order chi connectivity index (χ0) is 25.4. The van der Waals surface area contributed by atoms with E-state index in [1.807, 2.05) is 31.7 Å². The number of aliphatic hydroxyl groups excluding tert-OH is 1. The van der Waals surface area contributed by atoms with Crippen LogP contribution < -0.4 is 0 Å². The Kier molecular flexibility index (Phi) is 9.53. The van der Waals surface area contributed by atoms with E-state index in [9.17, 15) is 9.59 Å². The monoisotopic (exact) mass is 484 g/mol. The predicted octanol–water partition coefficient (Wildman–Crippen LogP) is 3.52. The van der Waals surface area contributed by atoms with Gasteiger partial charge in [-0.15, -0.1) is 0 Å². The van der Waals surface area contributed by atoms with E-state index in [1.54, 1.807) is 29.2 Å². The van der Waals surface area contributed by atoms with Gasteiger partial charge in [0.15, 0.2) is 0 Å². The molecule has 2 heterocycles. The molecule has 35 heavy (non-hydrogen) atoms. The number of carbonyl (C=O) groups excluding carboxylic acids is 2. The summed E-state index contributed by atoms with van der Waals surface area (Å²) in [6.45, 7) is 9.89. The highest BCUT2D eigenvalue weighted by atomic mass is 16.6. The molecular weight excluding hydrogens is 444 g/mol. The minimum absolute atomic E-state index is 0.0334. The average Bonchev–Trinajstić information content (AvgIpc) is 3.17. The highest BCUT2D eigenvalue weighted by Crippen LogP contribution is 2.27. The summed E-state index contributed by atoms with van der Waals surface area (Å²) in [5.41, 5.74) is 0.926. The van der Waals surface area contributed by atoms with Gasteiger partial charge in [-0.2, -0.15) is 5.26 Å². The molecule has 0 radical (unpaired) electrons. The number of carbonyl (C=O) groups is 2. The molecule has 1 atom stereocenters. The van der Waals surface area contributed by atoms with Crippen LogP contribution in [0.4, 0.5) is 4.79 Å². The predicted molar refractivity (Wildman–Crippen MR) is 133 cm³/mol. The number of hydrogen-bond donors (Lipinski definition) is 1.